The maximum absolute atomic E-state index is 13.2. The van der Waals surface area contributed by atoms with Crippen LogP contribution in [0.5, 0.6) is 0 Å². The number of aliphatic hydroxyl groups is 1. The number of allylic oxidation sites excluding steroid dienone is 1. The summed E-state index contributed by atoms with van der Waals surface area (Å²) in [4.78, 5) is 13.2. The van der Waals surface area contributed by atoms with Gasteiger partial charge in [-0.2, -0.15) is 0 Å². The van der Waals surface area contributed by atoms with Gasteiger partial charge in [0.2, 0.25) is 0 Å². The lowest BCUT2D eigenvalue weighted by atomic mass is 9.32. The minimum atomic E-state index is -0.434. The zero-order valence-electron chi connectivity index (χ0n) is 22.4. The third-order valence-corrected chi connectivity index (χ3v) is 13.7. The first-order valence-electron chi connectivity index (χ1n) is 14.0. The van der Waals surface area contributed by atoms with Gasteiger partial charge in [-0.05, 0) is 122 Å². The molecule has 0 saturated heterocycles. The summed E-state index contributed by atoms with van der Waals surface area (Å²) in [5.74, 6) is 2.24. The van der Waals surface area contributed by atoms with Gasteiger partial charge in [0.15, 0.2) is 0 Å². The fourth-order valence-electron chi connectivity index (χ4n) is 11.6. The Balaban J connectivity index is 1.56. The number of carbonyl (C=O) groups is 1. The summed E-state index contributed by atoms with van der Waals surface area (Å²) in [6.45, 7) is 18.9. The summed E-state index contributed by atoms with van der Waals surface area (Å²) in [6.07, 6.45) is 10.7. The van der Waals surface area contributed by atoms with Crippen LogP contribution in [0.4, 0.5) is 0 Å². The molecule has 0 unspecified atom stereocenters. The number of aliphatic hydroxyl groups excluding tert-OH is 1. The molecule has 5 aliphatic carbocycles. The summed E-state index contributed by atoms with van der Waals surface area (Å²) in [7, 11) is 0. The molecule has 5 aliphatic rings. The smallest absolute Gasteiger partial charge is 0.331 e. The third-order valence-electron chi connectivity index (χ3n) is 13.5. The summed E-state index contributed by atoms with van der Waals surface area (Å²) in [6, 6.07) is 0. The Morgan fingerprint density at radius 3 is 2.24 bits per heavy atom. The van der Waals surface area contributed by atoms with E-state index in [1.807, 2.05) is 0 Å². The van der Waals surface area contributed by atoms with Gasteiger partial charge in [0.1, 0.15) is 11.9 Å². The monoisotopic (exact) mass is 490 g/mol. The molecule has 5 saturated carbocycles. The zero-order valence-corrected chi connectivity index (χ0v) is 23.1. The average molecular weight is 491 g/mol. The number of rotatable bonds is 2. The highest BCUT2D eigenvalue weighted by molar-refractivity contribution is 6.13. The van der Waals surface area contributed by atoms with Crippen molar-refractivity contribution in [3.63, 3.8) is 0 Å². The molecule has 0 aromatic heterocycles. The second-order valence-corrected chi connectivity index (χ2v) is 14.7. The van der Waals surface area contributed by atoms with E-state index < -0.39 is 5.41 Å². The topological polar surface area (TPSA) is 46.5 Å². The van der Waals surface area contributed by atoms with E-state index in [1.165, 1.54) is 31.3 Å². The maximum atomic E-state index is 13.2. The number of carbonyl (C=O) groups excluding carboxylic acids is 1. The molecule has 0 aliphatic heterocycles. The van der Waals surface area contributed by atoms with Crippen molar-refractivity contribution in [2.75, 3.05) is 0 Å². The van der Waals surface area contributed by atoms with Gasteiger partial charge in [-0.3, -0.25) is 0 Å². The zero-order chi connectivity index (χ0) is 24.9. The van der Waals surface area contributed by atoms with Crippen LogP contribution in [0, 0.1) is 56.7 Å². The molecule has 0 aromatic carbocycles. The fourth-order valence-corrected chi connectivity index (χ4v) is 11.7. The van der Waals surface area contributed by atoms with Gasteiger partial charge in [-0.1, -0.05) is 46.8 Å². The Hall–Kier alpha value is -0.540. The third kappa shape index (κ3) is 2.89. The van der Waals surface area contributed by atoms with E-state index in [0.717, 1.165) is 38.5 Å². The molecule has 0 radical (unpaired) electrons. The SMILES string of the molecule is C=C(C)[C@@H]1CC[C@]2(C(=O)OCl)CC[C@]3(C)[C@H](CC[C@@H]4[C@@]5(C)CC[C@H](O)C(C)(C)[C@@H]5CC[C@]43C)[C@@H]12. The first-order chi connectivity index (χ1) is 15.8. The largest absolute Gasteiger partial charge is 0.393 e. The standard InChI is InChI=1S/C30H47ClO3/c1-18(2)19-10-15-30(25(33)34-31)17-16-28(6)20(24(19)30)8-9-22-27(5)13-12-23(32)26(3,4)21(27)11-14-29(22,28)7/h19-24,32H,1,8-17H2,2-7H3/t19-,20+,21-,22+,23-,24+,27-,28+,29+,30-/m0/s1. The first-order valence-corrected chi connectivity index (χ1v) is 14.3. The van der Waals surface area contributed by atoms with Crippen molar-refractivity contribution in [2.45, 2.75) is 112 Å². The van der Waals surface area contributed by atoms with Crippen LogP contribution >= 0.6 is 11.9 Å². The van der Waals surface area contributed by atoms with Gasteiger partial charge >= 0.3 is 5.97 Å². The van der Waals surface area contributed by atoms with E-state index in [2.05, 4.69) is 48.1 Å². The van der Waals surface area contributed by atoms with Gasteiger partial charge < -0.3 is 9.40 Å². The lowest BCUT2D eigenvalue weighted by Crippen LogP contribution is -2.67. The molecular weight excluding hydrogens is 444 g/mol. The quantitative estimate of drug-likeness (QED) is 0.403. The molecule has 5 rings (SSSR count). The molecule has 4 heteroatoms. The van der Waals surface area contributed by atoms with Crippen LogP contribution in [0.2, 0.25) is 0 Å². The summed E-state index contributed by atoms with van der Waals surface area (Å²) < 4.78 is 4.97. The maximum Gasteiger partial charge on any atom is 0.331 e. The normalized spacial score (nSPS) is 53.6. The average Bonchev–Trinajstić information content (AvgIpc) is 3.18. The molecule has 0 spiro atoms. The second-order valence-electron chi connectivity index (χ2n) is 14.6. The Bertz CT molecular complexity index is 882. The van der Waals surface area contributed by atoms with E-state index in [-0.39, 0.29) is 33.7 Å². The summed E-state index contributed by atoms with van der Waals surface area (Å²) in [5, 5.41) is 10.9. The van der Waals surface area contributed by atoms with Gasteiger partial charge in [0, 0.05) is 0 Å². The van der Waals surface area contributed by atoms with E-state index in [4.69, 9.17) is 16.2 Å². The van der Waals surface area contributed by atoms with E-state index in [0.29, 0.717) is 29.6 Å². The predicted molar refractivity (Wildman–Crippen MR) is 137 cm³/mol. The Labute approximate surface area is 212 Å². The summed E-state index contributed by atoms with van der Waals surface area (Å²) in [5.41, 5.74) is 1.49. The predicted octanol–water partition coefficient (Wildman–Crippen LogP) is 7.70. The molecule has 0 heterocycles. The van der Waals surface area contributed by atoms with E-state index >= 15 is 0 Å². The van der Waals surface area contributed by atoms with Crippen LogP contribution in [-0.4, -0.2) is 17.2 Å². The Morgan fingerprint density at radius 2 is 1.59 bits per heavy atom. The number of hydrogen-bond acceptors (Lipinski definition) is 3. The highest BCUT2D eigenvalue weighted by Gasteiger charge is 2.72. The minimum Gasteiger partial charge on any atom is -0.393 e. The lowest BCUT2D eigenvalue weighted by Gasteiger charge is -2.72. The van der Waals surface area contributed by atoms with Crippen LogP contribution < -0.4 is 0 Å². The van der Waals surface area contributed by atoms with Crippen molar-refractivity contribution in [3.8, 4) is 0 Å². The van der Waals surface area contributed by atoms with Crippen LogP contribution in [0.15, 0.2) is 12.2 Å². The molecule has 3 nitrogen and oxygen atoms in total. The van der Waals surface area contributed by atoms with Crippen molar-refractivity contribution in [3.05, 3.63) is 12.2 Å². The first kappa shape index (κ1) is 25.1. The van der Waals surface area contributed by atoms with Crippen LogP contribution in [0.1, 0.15) is 106 Å². The van der Waals surface area contributed by atoms with Crippen molar-refractivity contribution in [1.29, 1.82) is 0 Å². The van der Waals surface area contributed by atoms with Crippen molar-refractivity contribution >= 4 is 17.8 Å². The fraction of sp³-hybridized carbons (Fsp3) is 0.900. The molecule has 1 N–H and O–H groups in total. The second kappa shape index (κ2) is 7.73. The van der Waals surface area contributed by atoms with Gasteiger partial charge in [0.05, 0.1) is 11.5 Å². The number of hydrogen-bond donors (Lipinski definition) is 1. The number of fused-ring (bicyclic) bond motifs is 7. The van der Waals surface area contributed by atoms with Gasteiger partial charge in [0.25, 0.3) is 0 Å². The van der Waals surface area contributed by atoms with Crippen LogP contribution in [0.3, 0.4) is 0 Å². The molecule has 10 atom stereocenters. The van der Waals surface area contributed by atoms with E-state index in [1.54, 1.807) is 0 Å². The molecule has 192 valence electrons. The number of halogens is 1. The Kier molecular flexibility index (Phi) is 5.71. The van der Waals surface area contributed by atoms with Crippen LogP contribution in [-0.2, 0) is 9.08 Å². The van der Waals surface area contributed by atoms with Gasteiger partial charge in [-0.25, -0.2) is 4.79 Å². The van der Waals surface area contributed by atoms with Crippen molar-refractivity contribution in [2.24, 2.45) is 56.7 Å². The molecule has 0 bridgehead atoms. The lowest BCUT2D eigenvalue weighted by molar-refractivity contribution is -0.247. The summed E-state index contributed by atoms with van der Waals surface area (Å²) >= 11 is 5.76. The van der Waals surface area contributed by atoms with Gasteiger partial charge in [-0.15, -0.1) is 0 Å². The minimum absolute atomic E-state index is 0.0194. The van der Waals surface area contributed by atoms with Crippen molar-refractivity contribution in [1.82, 2.24) is 0 Å². The molecule has 34 heavy (non-hydrogen) atoms. The molecule has 0 amide bonds. The molecule has 0 aromatic rings. The van der Waals surface area contributed by atoms with E-state index in [9.17, 15) is 9.90 Å². The molecular formula is C30H47ClO3. The van der Waals surface area contributed by atoms with Crippen molar-refractivity contribution < 1.29 is 14.2 Å². The Morgan fingerprint density at radius 1 is 0.882 bits per heavy atom. The highest BCUT2D eigenvalue weighted by atomic mass is 35.5. The van der Waals surface area contributed by atoms with Crippen LogP contribution in [0.25, 0.3) is 0 Å². The molecule has 5 fully saturated rings. The highest BCUT2D eigenvalue weighted by Crippen LogP contribution is 2.77.